The summed E-state index contributed by atoms with van der Waals surface area (Å²) in [4.78, 5) is 13.7. The lowest BCUT2D eigenvalue weighted by Crippen LogP contribution is -2.39. The minimum Gasteiger partial charge on any atom is -0.497 e. The van der Waals surface area contributed by atoms with E-state index >= 15 is 0 Å². The number of hydrazone groups is 1. The van der Waals surface area contributed by atoms with Crippen LogP contribution in [0.1, 0.15) is 23.5 Å². The van der Waals surface area contributed by atoms with E-state index in [0.717, 1.165) is 28.3 Å². The van der Waals surface area contributed by atoms with E-state index < -0.39 is 0 Å². The van der Waals surface area contributed by atoms with Crippen molar-refractivity contribution in [3.05, 3.63) is 95.0 Å². The number of methoxy groups -OCH3 is 1. The SMILES string of the molecule is COc1ccc(SNC(=O)N2CCC(c3ccccc3)C(c3ccc(Cl)cc3)=N2)cc1. The quantitative estimate of drug-likeness (QED) is 0.487. The number of hydrogen-bond donors (Lipinski definition) is 1. The van der Waals surface area contributed by atoms with Gasteiger partial charge in [0.2, 0.25) is 0 Å². The number of carbonyl (C=O) groups is 1. The summed E-state index contributed by atoms with van der Waals surface area (Å²) in [5.41, 5.74) is 3.00. The summed E-state index contributed by atoms with van der Waals surface area (Å²) in [6, 6.07) is 25.1. The topological polar surface area (TPSA) is 53.9 Å². The largest absolute Gasteiger partial charge is 0.497 e. The maximum atomic E-state index is 12.8. The maximum Gasteiger partial charge on any atom is 0.348 e. The van der Waals surface area contributed by atoms with E-state index in [0.29, 0.717) is 11.6 Å². The number of nitrogens with zero attached hydrogens (tertiary/aromatic N) is 2. The third kappa shape index (κ3) is 5.21. The summed E-state index contributed by atoms with van der Waals surface area (Å²) in [6.45, 7) is 0.533. The third-order valence-electron chi connectivity index (χ3n) is 5.08. The molecule has 1 atom stereocenters. The second-order valence-electron chi connectivity index (χ2n) is 7.05. The van der Waals surface area contributed by atoms with Crippen LogP contribution in [0, 0.1) is 0 Å². The predicted molar refractivity (Wildman–Crippen MR) is 126 cm³/mol. The molecule has 1 aliphatic rings. The molecule has 31 heavy (non-hydrogen) atoms. The van der Waals surface area contributed by atoms with Crippen molar-refractivity contribution in [3.8, 4) is 5.75 Å². The highest BCUT2D eigenvalue weighted by Crippen LogP contribution is 2.30. The first-order chi connectivity index (χ1) is 15.1. The molecular formula is C24H22ClN3O2S. The Morgan fingerprint density at radius 1 is 1.06 bits per heavy atom. The van der Waals surface area contributed by atoms with Crippen LogP contribution in [0.5, 0.6) is 5.75 Å². The molecule has 5 nitrogen and oxygen atoms in total. The van der Waals surface area contributed by atoms with Gasteiger partial charge in [-0.3, -0.25) is 4.72 Å². The van der Waals surface area contributed by atoms with Crippen molar-refractivity contribution in [2.45, 2.75) is 17.2 Å². The standard InChI is InChI=1S/C24H22ClN3O2S/c1-30-20-11-13-21(14-12-20)31-27-24(29)28-16-15-22(17-5-3-2-4-6-17)23(26-28)18-7-9-19(25)10-8-18/h2-14,22H,15-16H2,1H3,(H,27,29). The van der Waals surface area contributed by atoms with E-state index in [1.165, 1.54) is 22.5 Å². The van der Waals surface area contributed by atoms with E-state index in [1.807, 2.05) is 66.7 Å². The Labute approximate surface area is 191 Å². The molecule has 0 aliphatic carbocycles. The molecular weight excluding hydrogens is 430 g/mol. The van der Waals surface area contributed by atoms with Crippen LogP contribution in [0.4, 0.5) is 4.79 Å². The average Bonchev–Trinajstić information content (AvgIpc) is 2.83. The lowest BCUT2D eigenvalue weighted by molar-refractivity contribution is 0.202. The van der Waals surface area contributed by atoms with Crippen molar-refractivity contribution in [3.63, 3.8) is 0 Å². The molecule has 1 aliphatic heterocycles. The summed E-state index contributed by atoms with van der Waals surface area (Å²) in [6.07, 6.45) is 0.784. The van der Waals surface area contributed by atoms with Gasteiger partial charge in [0.1, 0.15) is 5.75 Å². The lowest BCUT2D eigenvalue weighted by atomic mass is 9.86. The van der Waals surface area contributed by atoms with E-state index in [4.69, 9.17) is 21.4 Å². The Kier molecular flexibility index (Phi) is 6.79. The first-order valence-electron chi connectivity index (χ1n) is 9.92. The molecule has 0 spiro atoms. The van der Waals surface area contributed by atoms with Gasteiger partial charge in [-0.05, 0) is 65.9 Å². The molecule has 4 rings (SSSR count). The monoisotopic (exact) mass is 451 g/mol. The van der Waals surface area contributed by atoms with Gasteiger partial charge in [-0.1, -0.05) is 54.1 Å². The summed E-state index contributed by atoms with van der Waals surface area (Å²) in [7, 11) is 1.62. The van der Waals surface area contributed by atoms with Gasteiger partial charge in [0.05, 0.1) is 12.8 Å². The van der Waals surface area contributed by atoms with Crippen LogP contribution in [-0.2, 0) is 0 Å². The summed E-state index contributed by atoms with van der Waals surface area (Å²) < 4.78 is 8.04. The number of ether oxygens (including phenoxy) is 1. The van der Waals surface area contributed by atoms with Crippen LogP contribution >= 0.6 is 23.5 Å². The van der Waals surface area contributed by atoms with Gasteiger partial charge in [-0.15, -0.1) is 0 Å². The summed E-state index contributed by atoms with van der Waals surface area (Å²) >= 11 is 7.33. The van der Waals surface area contributed by atoms with Crippen LogP contribution < -0.4 is 9.46 Å². The highest BCUT2D eigenvalue weighted by atomic mass is 35.5. The number of benzene rings is 3. The molecule has 1 N–H and O–H groups in total. The third-order valence-corrected chi connectivity index (χ3v) is 6.12. The zero-order valence-corrected chi connectivity index (χ0v) is 18.6. The van der Waals surface area contributed by atoms with E-state index in [-0.39, 0.29) is 11.9 Å². The number of halogens is 1. The van der Waals surface area contributed by atoms with Crippen molar-refractivity contribution in [1.82, 2.24) is 9.73 Å². The molecule has 3 aromatic carbocycles. The van der Waals surface area contributed by atoms with Gasteiger partial charge in [-0.25, -0.2) is 9.80 Å². The molecule has 0 bridgehead atoms. The van der Waals surface area contributed by atoms with Crippen molar-refractivity contribution in [2.75, 3.05) is 13.7 Å². The smallest absolute Gasteiger partial charge is 0.348 e. The Morgan fingerprint density at radius 2 is 1.77 bits per heavy atom. The molecule has 7 heteroatoms. The molecule has 0 aromatic heterocycles. The van der Waals surface area contributed by atoms with Crippen molar-refractivity contribution >= 4 is 35.3 Å². The molecule has 0 fully saturated rings. The first kappa shape index (κ1) is 21.3. The van der Waals surface area contributed by atoms with E-state index in [9.17, 15) is 4.79 Å². The molecule has 1 heterocycles. The number of nitrogens with one attached hydrogen (secondary N) is 1. The van der Waals surface area contributed by atoms with Gasteiger partial charge in [0, 0.05) is 22.4 Å². The Hall–Kier alpha value is -2.96. The lowest BCUT2D eigenvalue weighted by Gasteiger charge is -2.30. The van der Waals surface area contributed by atoms with Gasteiger partial charge in [0.15, 0.2) is 0 Å². The fourth-order valence-electron chi connectivity index (χ4n) is 3.47. The zero-order valence-electron chi connectivity index (χ0n) is 17.0. The highest BCUT2D eigenvalue weighted by molar-refractivity contribution is 7.98. The first-order valence-corrected chi connectivity index (χ1v) is 11.1. The van der Waals surface area contributed by atoms with Crippen LogP contribution in [0.25, 0.3) is 0 Å². The fourth-order valence-corrected chi connectivity index (χ4v) is 4.18. The molecule has 0 saturated heterocycles. The predicted octanol–water partition coefficient (Wildman–Crippen LogP) is 5.96. The van der Waals surface area contributed by atoms with Crippen LogP contribution in [0.2, 0.25) is 5.02 Å². The number of hydrogen-bond acceptors (Lipinski definition) is 4. The van der Waals surface area contributed by atoms with Gasteiger partial charge < -0.3 is 4.74 Å². The van der Waals surface area contributed by atoms with Gasteiger partial charge in [0.25, 0.3) is 0 Å². The Balaban J connectivity index is 1.54. The van der Waals surface area contributed by atoms with E-state index in [1.54, 1.807) is 7.11 Å². The average molecular weight is 452 g/mol. The highest BCUT2D eigenvalue weighted by Gasteiger charge is 2.28. The van der Waals surface area contributed by atoms with Gasteiger partial charge >= 0.3 is 6.03 Å². The number of rotatable bonds is 5. The Bertz CT molecular complexity index is 1060. The molecule has 0 radical (unpaired) electrons. The van der Waals surface area contributed by atoms with Crippen LogP contribution in [0.15, 0.2) is 88.9 Å². The zero-order chi connectivity index (χ0) is 21.6. The van der Waals surface area contributed by atoms with Gasteiger partial charge in [-0.2, -0.15) is 5.10 Å². The van der Waals surface area contributed by atoms with Crippen molar-refractivity contribution < 1.29 is 9.53 Å². The second kappa shape index (κ2) is 9.90. The molecule has 0 saturated carbocycles. The number of urea groups is 1. The summed E-state index contributed by atoms with van der Waals surface area (Å²) in [5.74, 6) is 0.886. The van der Waals surface area contributed by atoms with Crippen molar-refractivity contribution in [2.24, 2.45) is 5.10 Å². The second-order valence-corrected chi connectivity index (χ2v) is 8.37. The van der Waals surface area contributed by atoms with Crippen molar-refractivity contribution in [1.29, 1.82) is 0 Å². The molecule has 2 amide bonds. The Morgan fingerprint density at radius 3 is 2.45 bits per heavy atom. The normalized spacial score (nSPS) is 15.9. The van der Waals surface area contributed by atoms with Crippen LogP contribution in [-0.4, -0.2) is 30.4 Å². The summed E-state index contributed by atoms with van der Waals surface area (Å²) in [5, 5.41) is 6.91. The van der Waals surface area contributed by atoms with E-state index in [2.05, 4.69) is 16.9 Å². The molecule has 1 unspecified atom stereocenters. The maximum absolute atomic E-state index is 12.8. The van der Waals surface area contributed by atoms with Crippen LogP contribution in [0.3, 0.4) is 0 Å². The minimum absolute atomic E-state index is 0.112. The fraction of sp³-hybridized carbons (Fsp3) is 0.167. The molecule has 3 aromatic rings. The minimum atomic E-state index is -0.251. The molecule has 158 valence electrons. The number of carbonyl (C=O) groups excluding carboxylic acids is 1. The number of amides is 2.